The summed E-state index contributed by atoms with van der Waals surface area (Å²) in [5.41, 5.74) is 1.34. The molecule has 5 nitrogen and oxygen atoms in total. The minimum absolute atomic E-state index is 0.152. The van der Waals surface area contributed by atoms with Gasteiger partial charge in [-0.25, -0.2) is 4.98 Å². The lowest BCUT2D eigenvalue weighted by Gasteiger charge is -2.30. The Hall–Kier alpha value is -1.92. The molecule has 1 aromatic heterocycles. The van der Waals surface area contributed by atoms with E-state index in [9.17, 15) is 4.79 Å². The molecule has 2 aromatic rings. The topological polar surface area (TPSA) is 45.7 Å². The summed E-state index contributed by atoms with van der Waals surface area (Å²) < 4.78 is 6.37. The number of likely N-dealkylation sites (tertiary alicyclic amines) is 1. The molecule has 1 atom stereocenters. The number of amides is 1. The quantitative estimate of drug-likeness (QED) is 0.536. The van der Waals surface area contributed by atoms with E-state index in [1.807, 2.05) is 29.2 Å². The summed E-state index contributed by atoms with van der Waals surface area (Å²) in [5.74, 6) is 2.57. The van der Waals surface area contributed by atoms with Gasteiger partial charge in [0.25, 0.3) is 0 Å². The van der Waals surface area contributed by atoms with Gasteiger partial charge in [-0.1, -0.05) is 31.4 Å². The third-order valence-corrected chi connectivity index (χ3v) is 7.33. The SMILES string of the molecule is COc1ccc(C2CCN(CCN(C(=O)C3CCCCC3)c3ccccn3)C2)cc1Br. The molecule has 1 aliphatic heterocycles. The van der Waals surface area contributed by atoms with Crippen LogP contribution in [0.3, 0.4) is 0 Å². The zero-order chi connectivity index (χ0) is 21.6. The first-order valence-electron chi connectivity index (χ1n) is 11.4. The summed E-state index contributed by atoms with van der Waals surface area (Å²) in [6, 6.07) is 12.2. The average molecular weight is 486 g/mol. The van der Waals surface area contributed by atoms with Crippen molar-refractivity contribution in [3.63, 3.8) is 0 Å². The fourth-order valence-corrected chi connectivity index (χ4v) is 5.47. The zero-order valence-electron chi connectivity index (χ0n) is 18.3. The molecule has 0 radical (unpaired) electrons. The number of methoxy groups -OCH3 is 1. The number of hydrogen-bond acceptors (Lipinski definition) is 4. The van der Waals surface area contributed by atoms with Crippen molar-refractivity contribution in [2.45, 2.75) is 44.4 Å². The van der Waals surface area contributed by atoms with E-state index in [1.165, 1.54) is 12.0 Å². The average Bonchev–Trinajstić information content (AvgIpc) is 3.29. The highest BCUT2D eigenvalue weighted by molar-refractivity contribution is 9.10. The van der Waals surface area contributed by atoms with Crippen LogP contribution in [-0.2, 0) is 4.79 Å². The zero-order valence-corrected chi connectivity index (χ0v) is 19.9. The molecular formula is C25H32BrN3O2. The van der Waals surface area contributed by atoms with E-state index in [2.05, 4.69) is 37.9 Å². The van der Waals surface area contributed by atoms with Gasteiger partial charge in [-0.3, -0.25) is 9.69 Å². The Morgan fingerprint density at radius 3 is 2.74 bits per heavy atom. The highest BCUT2D eigenvalue weighted by Gasteiger charge is 2.29. The number of benzene rings is 1. The second kappa shape index (κ2) is 10.6. The van der Waals surface area contributed by atoms with Gasteiger partial charge in [0.05, 0.1) is 11.6 Å². The third-order valence-electron chi connectivity index (χ3n) is 6.71. The predicted octanol–water partition coefficient (Wildman–Crippen LogP) is 5.26. The van der Waals surface area contributed by atoms with E-state index in [0.29, 0.717) is 12.5 Å². The van der Waals surface area contributed by atoms with Crippen LogP contribution >= 0.6 is 15.9 Å². The van der Waals surface area contributed by atoms with Crippen LogP contribution in [0.4, 0.5) is 5.82 Å². The lowest BCUT2D eigenvalue weighted by molar-refractivity contribution is -0.123. The molecule has 2 aliphatic rings. The van der Waals surface area contributed by atoms with Crippen LogP contribution in [0, 0.1) is 5.92 Å². The van der Waals surface area contributed by atoms with Crippen LogP contribution in [0.15, 0.2) is 47.1 Å². The molecule has 1 saturated heterocycles. The highest BCUT2D eigenvalue weighted by atomic mass is 79.9. The van der Waals surface area contributed by atoms with Gasteiger partial charge >= 0.3 is 0 Å². The van der Waals surface area contributed by atoms with Crippen LogP contribution < -0.4 is 9.64 Å². The van der Waals surface area contributed by atoms with Crippen LogP contribution in [0.1, 0.15) is 50.0 Å². The van der Waals surface area contributed by atoms with Gasteiger partial charge in [0, 0.05) is 31.7 Å². The maximum Gasteiger partial charge on any atom is 0.231 e. The molecule has 0 spiro atoms. The number of carbonyl (C=O) groups is 1. The molecule has 1 unspecified atom stereocenters. The van der Waals surface area contributed by atoms with Crippen molar-refractivity contribution >= 4 is 27.7 Å². The maximum atomic E-state index is 13.3. The van der Waals surface area contributed by atoms with E-state index in [1.54, 1.807) is 13.3 Å². The molecule has 1 aromatic carbocycles. The Balaban J connectivity index is 1.39. The number of ether oxygens (including phenoxy) is 1. The van der Waals surface area contributed by atoms with E-state index >= 15 is 0 Å². The number of pyridine rings is 1. The van der Waals surface area contributed by atoms with Crippen molar-refractivity contribution in [3.8, 4) is 5.75 Å². The predicted molar refractivity (Wildman–Crippen MR) is 128 cm³/mol. The Kier molecular flexibility index (Phi) is 7.62. The van der Waals surface area contributed by atoms with Crippen molar-refractivity contribution in [2.24, 2.45) is 5.92 Å². The highest BCUT2D eigenvalue weighted by Crippen LogP contribution is 2.33. The van der Waals surface area contributed by atoms with E-state index < -0.39 is 0 Å². The Morgan fingerprint density at radius 1 is 1.19 bits per heavy atom. The number of halogens is 1. The normalized spacial score (nSPS) is 20.0. The lowest BCUT2D eigenvalue weighted by Crippen LogP contribution is -2.42. The molecule has 2 fully saturated rings. The van der Waals surface area contributed by atoms with E-state index in [0.717, 1.165) is 67.8 Å². The largest absolute Gasteiger partial charge is 0.496 e. The minimum Gasteiger partial charge on any atom is -0.496 e. The smallest absolute Gasteiger partial charge is 0.231 e. The van der Waals surface area contributed by atoms with Crippen LogP contribution in [0.2, 0.25) is 0 Å². The van der Waals surface area contributed by atoms with Crippen molar-refractivity contribution in [2.75, 3.05) is 38.2 Å². The maximum absolute atomic E-state index is 13.3. The molecular weight excluding hydrogens is 454 g/mol. The Labute approximate surface area is 193 Å². The van der Waals surface area contributed by atoms with Gasteiger partial charge in [0.15, 0.2) is 0 Å². The van der Waals surface area contributed by atoms with Crippen LogP contribution in [0.5, 0.6) is 5.75 Å². The summed E-state index contributed by atoms with van der Waals surface area (Å²) in [6.07, 6.45) is 8.53. The van der Waals surface area contributed by atoms with E-state index in [4.69, 9.17) is 4.74 Å². The summed E-state index contributed by atoms with van der Waals surface area (Å²) in [5, 5.41) is 0. The van der Waals surface area contributed by atoms with Crippen LogP contribution in [-0.4, -0.2) is 49.1 Å². The fourth-order valence-electron chi connectivity index (χ4n) is 4.91. The third kappa shape index (κ3) is 5.47. The molecule has 166 valence electrons. The van der Waals surface area contributed by atoms with Crippen LogP contribution in [0.25, 0.3) is 0 Å². The molecule has 0 bridgehead atoms. The fraction of sp³-hybridized carbons (Fsp3) is 0.520. The van der Waals surface area contributed by atoms with Crippen molar-refractivity contribution in [1.29, 1.82) is 0 Å². The number of carbonyl (C=O) groups excluding carboxylic acids is 1. The second-order valence-electron chi connectivity index (χ2n) is 8.69. The van der Waals surface area contributed by atoms with Gasteiger partial charge in [0.2, 0.25) is 5.91 Å². The van der Waals surface area contributed by atoms with E-state index in [-0.39, 0.29) is 11.8 Å². The molecule has 0 N–H and O–H groups in total. The molecule has 31 heavy (non-hydrogen) atoms. The lowest BCUT2D eigenvalue weighted by atomic mass is 9.88. The molecule has 1 saturated carbocycles. The van der Waals surface area contributed by atoms with Crippen molar-refractivity contribution < 1.29 is 9.53 Å². The summed E-state index contributed by atoms with van der Waals surface area (Å²) in [6.45, 7) is 3.66. The Bertz CT molecular complexity index is 870. The monoisotopic (exact) mass is 485 g/mol. The summed E-state index contributed by atoms with van der Waals surface area (Å²) >= 11 is 3.61. The molecule has 1 aliphatic carbocycles. The molecule has 4 rings (SSSR count). The molecule has 1 amide bonds. The number of anilines is 1. The van der Waals surface area contributed by atoms with Gasteiger partial charge < -0.3 is 9.64 Å². The van der Waals surface area contributed by atoms with Crippen molar-refractivity contribution in [3.05, 3.63) is 52.6 Å². The summed E-state index contributed by atoms with van der Waals surface area (Å²) in [4.78, 5) is 22.3. The summed E-state index contributed by atoms with van der Waals surface area (Å²) in [7, 11) is 1.69. The van der Waals surface area contributed by atoms with Crippen molar-refractivity contribution in [1.82, 2.24) is 9.88 Å². The van der Waals surface area contributed by atoms with Gasteiger partial charge in [-0.05, 0) is 77.5 Å². The second-order valence-corrected chi connectivity index (χ2v) is 9.55. The van der Waals surface area contributed by atoms with Gasteiger partial charge in [-0.2, -0.15) is 0 Å². The molecule has 6 heteroatoms. The van der Waals surface area contributed by atoms with Gasteiger partial charge in [0.1, 0.15) is 11.6 Å². The first-order chi connectivity index (χ1) is 15.2. The number of aromatic nitrogens is 1. The first kappa shape index (κ1) is 22.3. The first-order valence-corrected chi connectivity index (χ1v) is 12.2. The number of rotatable bonds is 7. The molecule has 2 heterocycles. The number of hydrogen-bond donors (Lipinski definition) is 0. The van der Waals surface area contributed by atoms with Gasteiger partial charge in [-0.15, -0.1) is 0 Å². The standard InChI is InChI=1S/C25H32BrN3O2/c1-31-23-11-10-20(17-22(23)26)21-12-14-28(18-21)15-16-29(24-9-5-6-13-27-24)25(30)19-7-3-2-4-8-19/h5-6,9-11,13,17,19,21H,2-4,7-8,12,14-16,18H2,1H3. The Morgan fingerprint density at radius 2 is 2.03 bits per heavy atom. The number of nitrogens with zero attached hydrogens (tertiary/aromatic N) is 3. The minimum atomic E-state index is 0.152.